The van der Waals surface area contributed by atoms with Gasteiger partial charge in [0.25, 0.3) is 0 Å². The summed E-state index contributed by atoms with van der Waals surface area (Å²) in [7, 11) is -3.06. The van der Waals surface area contributed by atoms with Crippen molar-refractivity contribution in [3.8, 4) is 0 Å². The van der Waals surface area contributed by atoms with Crippen molar-refractivity contribution in [2.45, 2.75) is 12.1 Å². The maximum Gasteiger partial charge on any atom is 0.173 e. The summed E-state index contributed by atoms with van der Waals surface area (Å²) < 4.78 is 23.1. The summed E-state index contributed by atoms with van der Waals surface area (Å²) in [5, 5.41) is 4.70. The van der Waals surface area contributed by atoms with Gasteiger partial charge in [0.15, 0.2) is 9.84 Å². The van der Waals surface area contributed by atoms with E-state index >= 15 is 0 Å². The van der Waals surface area contributed by atoms with Crippen LogP contribution in [0.1, 0.15) is 17.2 Å². The predicted molar refractivity (Wildman–Crippen MR) is 82.4 cm³/mol. The first-order valence-electron chi connectivity index (χ1n) is 6.76. The molecular formula is C16H16N2O2S. The Kier molecular flexibility index (Phi) is 3.86. The van der Waals surface area contributed by atoms with Crippen LogP contribution in [-0.2, 0) is 9.84 Å². The van der Waals surface area contributed by atoms with Crippen LogP contribution >= 0.6 is 0 Å². The summed E-state index contributed by atoms with van der Waals surface area (Å²) in [5.74, 6) is 0.113. The maximum absolute atomic E-state index is 11.6. The maximum atomic E-state index is 11.6. The monoisotopic (exact) mass is 300 g/mol. The molecule has 5 heteroatoms. The van der Waals surface area contributed by atoms with Gasteiger partial charge in [0.1, 0.15) is 0 Å². The number of sulfone groups is 1. The van der Waals surface area contributed by atoms with Gasteiger partial charge in [-0.2, -0.15) is 0 Å². The van der Waals surface area contributed by atoms with Gasteiger partial charge in [-0.05, 0) is 23.3 Å². The second kappa shape index (κ2) is 5.79. The van der Waals surface area contributed by atoms with Crippen LogP contribution in [0.25, 0.3) is 0 Å². The molecule has 108 valence electrons. The number of benzene rings is 1. The van der Waals surface area contributed by atoms with Crippen molar-refractivity contribution in [1.29, 1.82) is 0 Å². The van der Waals surface area contributed by atoms with Crippen LogP contribution in [-0.4, -0.2) is 25.2 Å². The summed E-state index contributed by atoms with van der Waals surface area (Å²) in [4.78, 5) is 4.04. The first-order chi connectivity index (χ1) is 10.1. The van der Waals surface area contributed by atoms with Crippen LogP contribution < -0.4 is 5.32 Å². The molecule has 1 aromatic heterocycles. The number of nitrogens with zero attached hydrogens (tertiary/aromatic N) is 1. The Balaban J connectivity index is 1.89. The molecule has 4 nitrogen and oxygen atoms in total. The van der Waals surface area contributed by atoms with Crippen molar-refractivity contribution in [3.63, 3.8) is 0 Å². The Morgan fingerprint density at radius 1 is 1.05 bits per heavy atom. The smallest absolute Gasteiger partial charge is 0.173 e. The Bertz CT molecular complexity index is 688. The zero-order valence-electron chi connectivity index (χ0n) is 11.4. The minimum Gasteiger partial charge on any atom is -0.299 e. The molecule has 2 unspecified atom stereocenters. The van der Waals surface area contributed by atoms with E-state index in [1.54, 1.807) is 18.5 Å². The molecule has 2 atom stereocenters. The number of hydrogen-bond acceptors (Lipinski definition) is 4. The number of aromatic nitrogens is 1. The number of nitrogens with one attached hydrogen (secondary N) is 1. The zero-order valence-corrected chi connectivity index (χ0v) is 12.2. The largest absolute Gasteiger partial charge is 0.299 e. The molecule has 1 aliphatic heterocycles. The molecule has 0 amide bonds. The van der Waals surface area contributed by atoms with Crippen molar-refractivity contribution in [2.75, 3.05) is 5.75 Å². The molecule has 2 aromatic rings. The average molecular weight is 300 g/mol. The lowest BCUT2D eigenvalue weighted by atomic mass is 9.99. The van der Waals surface area contributed by atoms with E-state index < -0.39 is 9.84 Å². The van der Waals surface area contributed by atoms with Gasteiger partial charge in [0, 0.05) is 23.8 Å². The molecule has 1 aliphatic rings. The number of rotatable bonds is 4. The van der Waals surface area contributed by atoms with Gasteiger partial charge >= 0.3 is 0 Å². The molecular weight excluding hydrogens is 284 g/mol. The van der Waals surface area contributed by atoms with Crippen LogP contribution in [0.4, 0.5) is 0 Å². The fraction of sp³-hybridized carbons (Fsp3) is 0.188. The fourth-order valence-corrected chi connectivity index (χ4v) is 3.73. The van der Waals surface area contributed by atoms with Crippen LogP contribution in [0.2, 0.25) is 0 Å². The third kappa shape index (κ3) is 3.37. The quantitative estimate of drug-likeness (QED) is 0.939. The third-order valence-electron chi connectivity index (χ3n) is 3.48. The molecule has 0 fully saturated rings. The molecule has 0 saturated heterocycles. The van der Waals surface area contributed by atoms with Crippen molar-refractivity contribution < 1.29 is 8.42 Å². The van der Waals surface area contributed by atoms with E-state index in [1.165, 1.54) is 5.41 Å². The minimum absolute atomic E-state index is 0.0582. The Morgan fingerprint density at radius 3 is 2.33 bits per heavy atom. The lowest BCUT2D eigenvalue weighted by molar-refractivity contribution is 0.556. The topological polar surface area (TPSA) is 59.1 Å². The number of pyridine rings is 1. The molecule has 0 spiro atoms. The highest BCUT2D eigenvalue weighted by atomic mass is 32.2. The Hall–Kier alpha value is -1.98. The van der Waals surface area contributed by atoms with E-state index in [1.807, 2.05) is 42.5 Å². The summed E-state index contributed by atoms with van der Waals surface area (Å²) in [5.41, 5.74) is 2.16. The third-order valence-corrected chi connectivity index (χ3v) is 4.88. The van der Waals surface area contributed by atoms with E-state index in [9.17, 15) is 8.42 Å². The van der Waals surface area contributed by atoms with Crippen molar-refractivity contribution in [3.05, 3.63) is 77.5 Å². The highest BCUT2D eigenvalue weighted by molar-refractivity contribution is 7.94. The lowest BCUT2D eigenvalue weighted by Crippen LogP contribution is -2.34. The molecule has 1 N–H and O–H groups in total. The summed E-state index contributed by atoms with van der Waals surface area (Å²) >= 11 is 0. The van der Waals surface area contributed by atoms with Gasteiger partial charge in [-0.3, -0.25) is 10.3 Å². The Labute approximate surface area is 124 Å². The first-order valence-corrected chi connectivity index (χ1v) is 8.47. The van der Waals surface area contributed by atoms with E-state index in [-0.39, 0.29) is 17.8 Å². The lowest BCUT2D eigenvalue weighted by Gasteiger charge is -2.22. The van der Waals surface area contributed by atoms with Gasteiger partial charge in [-0.1, -0.05) is 36.4 Å². The first kappa shape index (κ1) is 14.0. The molecule has 3 rings (SSSR count). The standard InChI is InChI=1S/C16H16N2O2S/c19-21(20)11-8-15(12-21)18-16(13-4-2-1-3-5-13)14-6-9-17-10-7-14/h1-11,15-16,18H,12H2. The molecule has 0 bridgehead atoms. The molecule has 2 heterocycles. The van der Waals surface area contributed by atoms with Gasteiger partial charge < -0.3 is 0 Å². The van der Waals surface area contributed by atoms with Gasteiger partial charge in [-0.25, -0.2) is 8.42 Å². The van der Waals surface area contributed by atoms with Crippen LogP contribution in [0.5, 0.6) is 0 Å². The van der Waals surface area contributed by atoms with Crippen molar-refractivity contribution >= 4 is 9.84 Å². The fourth-order valence-electron chi connectivity index (χ4n) is 2.48. The normalized spacial score (nSPS) is 21.2. The molecule has 0 saturated carbocycles. The van der Waals surface area contributed by atoms with E-state index in [0.29, 0.717) is 0 Å². The molecule has 0 radical (unpaired) electrons. The van der Waals surface area contributed by atoms with E-state index in [2.05, 4.69) is 10.3 Å². The molecule has 1 aromatic carbocycles. The van der Waals surface area contributed by atoms with Crippen LogP contribution in [0, 0.1) is 0 Å². The van der Waals surface area contributed by atoms with Gasteiger partial charge in [0.05, 0.1) is 11.8 Å². The second-order valence-electron chi connectivity index (χ2n) is 5.06. The summed E-state index contributed by atoms with van der Waals surface area (Å²) in [6, 6.07) is 13.6. The van der Waals surface area contributed by atoms with Crippen LogP contribution in [0.3, 0.4) is 0 Å². The predicted octanol–water partition coefficient (Wildman–Crippen LogP) is 2.07. The summed E-state index contributed by atoms with van der Waals surface area (Å²) in [6.07, 6.45) is 5.20. The van der Waals surface area contributed by atoms with E-state index in [4.69, 9.17) is 0 Å². The minimum atomic E-state index is -3.06. The highest BCUT2D eigenvalue weighted by Crippen LogP contribution is 2.23. The van der Waals surface area contributed by atoms with Gasteiger partial charge in [-0.15, -0.1) is 0 Å². The molecule has 21 heavy (non-hydrogen) atoms. The summed E-state index contributed by atoms with van der Waals surface area (Å²) in [6.45, 7) is 0. The number of hydrogen-bond donors (Lipinski definition) is 1. The van der Waals surface area contributed by atoms with Crippen molar-refractivity contribution in [1.82, 2.24) is 10.3 Å². The zero-order chi connectivity index (χ0) is 14.7. The second-order valence-corrected chi connectivity index (χ2v) is 6.99. The highest BCUT2D eigenvalue weighted by Gasteiger charge is 2.25. The van der Waals surface area contributed by atoms with Crippen molar-refractivity contribution in [2.24, 2.45) is 0 Å². The van der Waals surface area contributed by atoms with Gasteiger partial charge in [0.2, 0.25) is 0 Å². The average Bonchev–Trinajstić information content (AvgIpc) is 2.86. The SMILES string of the molecule is O=S1(=O)C=CC(NC(c2ccccc2)c2ccncc2)C1. The molecule has 0 aliphatic carbocycles. The van der Waals surface area contributed by atoms with Crippen LogP contribution in [0.15, 0.2) is 66.3 Å². The van der Waals surface area contributed by atoms with E-state index in [0.717, 1.165) is 11.1 Å². The Morgan fingerprint density at radius 2 is 1.71 bits per heavy atom.